The maximum Gasteiger partial charge on any atom is 0.200 e. The number of aryl methyl sites for hydroxylation is 1. The van der Waals surface area contributed by atoms with Gasteiger partial charge in [0, 0.05) is 12.2 Å². The van der Waals surface area contributed by atoms with Crippen LogP contribution in [0.4, 0.5) is 0 Å². The molecule has 0 heterocycles. The molecule has 2 aromatic carbocycles. The van der Waals surface area contributed by atoms with Crippen LogP contribution in [0.2, 0.25) is 0 Å². The first kappa shape index (κ1) is 16.0. The van der Waals surface area contributed by atoms with E-state index in [1.165, 1.54) is 0 Å². The Balaban J connectivity index is 1.90. The van der Waals surface area contributed by atoms with E-state index in [1.54, 1.807) is 31.4 Å². The van der Waals surface area contributed by atoms with Crippen molar-refractivity contribution in [2.45, 2.75) is 12.8 Å². The van der Waals surface area contributed by atoms with Crippen LogP contribution in [-0.2, 0) is 6.42 Å². The van der Waals surface area contributed by atoms with Gasteiger partial charge in [0.1, 0.15) is 11.5 Å². The van der Waals surface area contributed by atoms with Gasteiger partial charge in [0.2, 0.25) is 0 Å². The Morgan fingerprint density at radius 3 is 2.55 bits per heavy atom. The van der Waals surface area contributed by atoms with Crippen molar-refractivity contribution in [1.29, 1.82) is 0 Å². The second-order valence-corrected chi connectivity index (χ2v) is 4.91. The molecule has 0 radical (unpaired) electrons. The number of aliphatic hydroxyl groups excluding tert-OH is 1. The Kier molecular flexibility index (Phi) is 5.98. The van der Waals surface area contributed by atoms with Crippen molar-refractivity contribution >= 4 is 5.78 Å². The van der Waals surface area contributed by atoms with E-state index in [2.05, 4.69) is 0 Å². The molecule has 0 bridgehead atoms. The van der Waals surface area contributed by atoms with Gasteiger partial charge >= 0.3 is 0 Å². The lowest BCUT2D eigenvalue weighted by molar-refractivity contribution is 0.0921. The molecular weight excluding hydrogens is 280 g/mol. The van der Waals surface area contributed by atoms with Crippen LogP contribution in [0.3, 0.4) is 0 Å². The van der Waals surface area contributed by atoms with E-state index in [4.69, 9.17) is 14.6 Å². The number of hydrogen-bond donors (Lipinski definition) is 1. The predicted molar refractivity (Wildman–Crippen MR) is 84.7 cm³/mol. The first-order valence-electron chi connectivity index (χ1n) is 7.23. The molecule has 0 aliphatic carbocycles. The monoisotopic (exact) mass is 300 g/mol. The van der Waals surface area contributed by atoms with E-state index in [0.717, 1.165) is 18.4 Å². The van der Waals surface area contributed by atoms with Crippen molar-refractivity contribution in [1.82, 2.24) is 0 Å². The summed E-state index contributed by atoms with van der Waals surface area (Å²) in [5.74, 6) is 1.21. The Hall–Kier alpha value is -2.33. The van der Waals surface area contributed by atoms with Gasteiger partial charge in [-0.15, -0.1) is 0 Å². The Morgan fingerprint density at radius 2 is 1.86 bits per heavy atom. The number of methoxy groups -OCH3 is 1. The molecule has 0 unspecified atom stereocenters. The Morgan fingerprint density at radius 1 is 1.09 bits per heavy atom. The average Bonchev–Trinajstić information content (AvgIpc) is 2.58. The van der Waals surface area contributed by atoms with E-state index < -0.39 is 0 Å². The number of carbonyl (C=O) groups is 1. The fraction of sp³-hybridized carbons (Fsp3) is 0.278. The first-order chi connectivity index (χ1) is 10.7. The third-order valence-electron chi connectivity index (χ3n) is 3.31. The van der Waals surface area contributed by atoms with Crippen molar-refractivity contribution in [3.05, 3.63) is 59.7 Å². The highest BCUT2D eigenvalue weighted by Gasteiger charge is 2.08. The zero-order valence-corrected chi connectivity index (χ0v) is 12.6. The van der Waals surface area contributed by atoms with Crippen molar-refractivity contribution in [3.8, 4) is 11.5 Å². The summed E-state index contributed by atoms with van der Waals surface area (Å²) in [7, 11) is 1.57. The van der Waals surface area contributed by atoms with E-state index in [1.807, 2.05) is 24.3 Å². The van der Waals surface area contributed by atoms with Crippen molar-refractivity contribution in [2.75, 3.05) is 20.3 Å². The third-order valence-corrected chi connectivity index (χ3v) is 3.31. The molecule has 0 aromatic heterocycles. The molecule has 0 aliphatic rings. The fourth-order valence-corrected chi connectivity index (χ4v) is 2.06. The quantitative estimate of drug-likeness (QED) is 0.762. The summed E-state index contributed by atoms with van der Waals surface area (Å²) < 4.78 is 10.6. The minimum Gasteiger partial charge on any atom is -0.497 e. The molecule has 0 amide bonds. The van der Waals surface area contributed by atoms with E-state index in [0.29, 0.717) is 17.1 Å². The zero-order valence-electron chi connectivity index (χ0n) is 12.6. The first-order valence-corrected chi connectivity index (χ1v) is 7.23. The Labute approximate surface area is 130 Å². The average molecular weight is 300 g/mol. The molecule has 0 fully saturated rings. The van der Waals surface area contributed by atoms with Crippen LogP contribution >= 0.6 is 0 Å². The van der Waals surface area contributed by atoms with Gasteiger partial charge in [0.25, 0.3) is 0 Å². The number of rotatable bonds is 8. The van der Waals surface area contributed by atoms with Gasteiger partial charge in [-0.2, -0.15) is 0 Å². The standard InChI is InChI=1S/C18H20O4/c1-21-17-6-2-5-15(12-17)18(20)13-22-16-9-7-14(8-10-16)4-3-11-19/h2,5-10,12,19H,3-4,11,13H2,1H3. The summed E-state index contributed by atoms with van der Waals surface area (Å²) in [6.07, 6.45) is 1.58. The molecule has 1 N–H and O–H groups in total. The topological polar surface area (TPSA) is 55.8 Å². The summed E-state index contributed by atoms with van der Waals surface area (Å²) in [6.45, 7) is 0.177. The molecule has 22 heavy (non-hydrogen) atoms. The number of Topliss-reactive ketones (excluding diaryl/α,β-unsaturated/α-hetero) is 1. The number of aliphatic hydroxyl groups is 1. The van der Waals surface area contributed by atoms with Gasteiger partial charge in [-0.1, -0.05) is 24.3 Å². The summed E-state index contributed by atoms with van der Waals surface area (Å²) >= 11 is 0. The van der Waals surface area contributed by atoms with E-state index >= 15 is 0 Å². The normalized spacial score (nSPS) is 10.3. The molecular formula is C18H20O4. The van der Waals surface area contributed by atoms with Gasteiger partial charge in [-0.25, -0.2) is 0 Å². The van der Waals surface area contributed by atoms with Crippen molar-refractivity contribution in [2.24, 2.45) is 0 Å². The number of benzene rings is 2. The highest BCUT2D eigenvalue weighted by molar-refractivity contribution is 5.97. The molecule has 4 nitrogen and oxygen atoms in total. The van der Waals surface area contributed by atoms with E-state index in [-0.39, 0.29) is 19.0 Å². The predicted octanol–water partition coefficient (Wildman–Crippen LogP) is 2.88. The van der Waals surface area contributed by atoms with Gasteiger partial charge in [-0.3, -0.25) is 4.79 Å². The molecule has 4 heteroatoms. The van der Waals surface area contributed by atoms with Crippen LogP contribution in [0.15, 0.2) is 48.5 Å². The molecule has 116 valence electrons. The van der Waals surface area contributed by atoms with Crippen molar-refractivity contribution in [3.63, 3.8) is 0 Å². The number of ether oxygens (including phenoxy) is 2. The molecule has 0 spiro atoms. The summed E-state index contributed by atoms with van der Waals surface area (Å²) in [5, 5.41) is 8.80. The second kappa shape index (κ2) is 8.20. The summed E-state index contributed by atoms with van der Waals surface area (Å²) in [5.41, 5.74) is 1.71. The SMILES string of the molecule is COc1cccc(C(=O)COc2ccc(CCCO)cc2)c1. The molecule has 2 rings (SSSR count). The molecule has 0 saturated carbocycles. The Bertz CT molecular complexity index is 605. The van der Waals surface area contributed by atoms with Crippen LogP contribution in [0.1, 0.15) is 22.3 Å². The number of ketones is 1. The zero-order chi connectivity index (χ0) is 15.8. The maximum absolute atomic E-state index is 12.1. The van der Waals surface area contributed by atoms with Crippen molar-refractivity contribution < 1.29 is 19.4 Å². The molecule has 0 aliphatic heterocycles. The number of carbonyl (C=O) groups excluding carboxylic acids is 1. The highest BCUT2D eigenvalue weighted by Crippen LogP contribution is 2.16. The van der Waals surface area contributed by atoms with Gasteiger partial charge in [0.15, 0.2) is 12.4 Å². The van der Waals surface area contributed by atoms with Gasteiger partial charge < -0.3 is 14.6 Å². The van der Waals surface area contributed by atoms with Crippen LogP contribution < -0.4 is 9.47 Å². The van der Waals surface area contributed by atoms with E-state index in [9.17, 15) is 4.79 Å². The smallest absolute Gasteiger partial charge is 0.200 e. The third kappa shape index (κ3) is 4.60. The fourth-order valence-electron chi connectivity index (χ4n) is 2.06. The van der Waals surface area contributed by atoms with Crippen LogP contribution in [-0.4, -0.2) is 31.2 Å². The summed E-state index contributed by atoms with van der Waals surface area (Å²) in [4.78, 5) is 12.1. The minimum atomic E-state index is -0.0942. The minimum absolute atomic E-state index is 0.0108. The largest absolute Gasteiger partial charge is 0.497 e. The molecule has 2 aromatic rings. The summed E-state index contributed by atoms with van der Waals surface area (Å²) in [6, 6.07) is 14.6. The maximum atomic E-state index is 12.1. The number of hydrogen-bond acceptors (Lipinski definition) is 4. The molecule has 0 atom stereocenters. The van der Waals surface area contributed by atoms with Gasteiger partial charge in [0.05, 0.1) is 7.11 Å². The lowest BCUT2D eigenvalue weighted by atomic mass is 10.1. The highest BCUT2D eigenvalue weighted by atomic mass is 16.5. The lowest BCUT2D eigenvalue weighted by Crippen LogP contribution is -2.11. The van der Waals surface area contributed by atoms with Crippen LogP contribution in [0.5, 0.6) is 11.5 Å². The second-order valence-electron chi connectivity index (χ2n) is 4.91. The lowest BCUT2D eigenvalue weighted by Gasteiger charge is -2.07. The van der Waals surface area contributed by atoms with Gasteiger partial charge in [-0.05, 0) is 42.7 Å². The molecule has 0 saturated heterocycles. The van der Waals surface area contributed by atoms with Crippen LogP contribution in [0, 0.1) is 0 Å². The van der Waals surface area contributed by atoms with Crippen LogP contribution in [0.25, 0.3) is 0 Å².